The van der Waals surface area contributed by atoms with Crippen LogP contribution in [0.25, 0.3) is 0 Å². The first-order valence-corrected chi connectivity index (χ1v) is 6.39. The van der Waals surface area contributed by atoms with Crippen molar-refractivity contribution in [2.45, 2.75) is 12.4 Å². The van der Waals surface area contributed by atoms with Crippen LogP contribution in [-0.4, -0.2) is 6.09 Å². The third-order valence-corrected chi connectivity index (χ3v) is 2.85. The van der Waals surface area contributed by atoms with Crippen molar-refractivity contribution in [1.29, 1.82) is 0 Å². The smallest absolute Gasteiger partial charge is 0.410 e. The van der Waals surface area contributed by atoms with Gasteiger partial charge in [-0.05, 0) is 48.5 Å². The van der Waals surface area contributed by atoms with Crippen molar-refractivity contribution in [3.05, 3.63) is 59.7 Å². The summed E-state index contributed by atoms with van der Waals surface area (Å²) in [5.74, 6) is -0.146. The van der Waals surface area contributed by atoms with E-state index in [1.807, 2.05) is 0 Å². The Morgan fingerprint density at radius 1 is 0.750 bits per heavy atom. The maximum Gasteiger partial charge on any atom is 0.417 e. The number of halogens is 6. The highest BCUT2D eigenvalue weighted by Crippen LogP contribution is 2.31. The zero-order valence-corrected chi connectivity index (χ0v) is 11.7. The van der Waals surface area contributed by atoms with Gasteiger partial charge in [0.1, 0.15) is 5.75 Å². The van der Waals surface area contributed by atoms with Crippen LogP contribution in [0.4, 0.5) is 36.8 Å². The van der Waals surface area contributed by atoms with Gasteiger partial charge in [0.2, 0.25) is 0 Å². The number of amides is 1. The summed E-state index contributed by atoms with van der Waals surface area (Å²) in [4.78, 5) is 11.6. The minimum absolute atomic E-state index is 0.0416. The molecular weight excluding hydrogens is 340 g/mol. The molecule has 0 heterocycles. The van der Waals surface area contributed by atoms with Crippen molar-refractivity contribution in [2.75, 3.05) is 5.32 Å². The van der Waals surface area contributed by atoms with Gasteiger partial charge in [0.25, 0.3) is 0 Å². The summed E-state index contributed by atoms with van der Waals surface area (Å²) in [6, 6.07) is 6.97. The van der Waals surface area contributed by atoms with Crippen molar-refractivity contribution in [3.8, 4) is 5.75 Å². The van der Waals surface area contributed by atoms with E-state index in [2.05, 4.69) is 5.32 Å². The number of nitrogens with one attached hydrogen (secondary N) is 1. The molecule has 0 aliphatic carbocycles. The SMILES string of the molecule is O=C(Nc1ccc(C(F)(F)F)cc1)Oc1ccc(C(F)(F)F)cc1. The molecule has 0 aliphatic rings. The van der Waals surface area contributed by atoms with E-state index in [1.54, 1.807) is 0 Å². The molecule has 0 fully saturated rings. The first-order valence-electron chi connectivity index (χ1n) is 6.39. The quantitative estimate of drug-likeness (QED) is 0.744. The largest absolute Gasteiger partial charge is 0.417 e. The number of rotatable bonds is 2. The summed E-state index contributed by atoms with van der Waals surface area (Å²) in [6.45, 7) is 0. The second kappa shape index (κ2) is 6.42. The number of hydrogen-bond donors (Lipinski definition) is 1. The van der Waals surface area contributed by atoms with Gasteiger partial charge >= 0.3 is 18.4 Å². The Balaban J connectivity index is 1.98. The zero-order valence-electron chi connectivity index (χ0n) is 11.7. The molecule has 3 nitrogen and oxygen atoms in total. The molecule has 2 aromatic rings. The van der Waals surface area contributed by atoms with E-state index in [0.29, 0.717) is 0 Å². The molecule has 0 aliphatic heterocycles. The summed E-state index contributed by atoms with van der Waals surface area (Å²) in [5.41, 5.74) is -1.75. The lowest BCUT2D eigenvalue weighted by molar-refractivity contribution is -0.138. The Labute approximate surface area is 131 Å². The lowest BCUT2D eigenvalue weighted by Gasteiger charge is -2.10. The third-order valence-electron chi connectivity index (χ3n) is 2.85. The highest BCUT2D eigenvalue weighted by Gasteiger charge is 2.30. The molecule has 0 radical (unpaired) electrons. The van der Waals surface area contributed by atoms with Crippen molar-refractivity contribution >= 4 is 11.8 Å². The lowest BCUT2D eigenvalue weighted by atomic mass is 10.2. The van der Waals surface area contributed by atoms with Crippen LogP contribution in [0, 0.1) is 0 Å². The number of alkyl halides is 6. The number of carbonyl (C=O) groups excluding carboxylic acids is 1. The highest BCUT2D eigenvalue weighted by molar-refractivity contribution is 5.86. The molecule has 9 heteroatoms. The van der Waals surface area contributed by atoms with E-state index >= 15 is 0 Å². The van der Waals surface area contributed by atoms with Gasteiger partial charge in [0.05, 0.1) is 11.1 Å². The summed E-state index contributed by atoms with van der Waals surface area (Å²) < 4.78 is 79.1. The molecule has 0 bridgehead atoms. The Bertz CT molecular complexity index is 643. The number of benzene rings is 2. The van der Waals surface area contributed by atoms with E-state index in [1.165, 1.54) is 0 Å². The average Bonchev–Trinajstić information content (AvgIpc) is 2.46. The molecule has 1 amide bonds. The minimum Gasteiger partial charge on any atom is -0.410 e. The third kappa shape index (κ3) is 4.64. The predicted molar refractivity (Wildman–Crippen MR) is 72.5 cm³/mol. The van der Waals surface area contributed by atoms with Gasteiger partial charge in [-0.15, -0.1) is 0 Å². The molecule has 1 N–H and O–H groups in total. The average molecular weight is 349 g/mol. The number of carbonyl (C=O) groups is 1. The lowest BCUT2D eigenvalue weighted by Crippen LogP contribution is -2.17. The fourth-order valence-electron chi connectivity index (χ4n) is 1.70. The number of hydrogen-bond acceptors (Lipinski definition) is 2. The fraction of sp³-hybridized carbons (Fsp3) is 0.133. The summed E-state index contributed by atoms with van der Waals surface area (Å²) in [6.07, 6.45) is -10.1. The second-order valence-corrected chi connectivity index (χ2v) is 4.61. The van der Waals surface area contributed by atoms with E-state index in [0.717, 1.165) is 48.5 Å². The predicted octanol–water partition coefficient (Wildman–Crippen LogP) is 5.34. The molecule has 128 valence electrons. The molecule has 0 saturated carbocycles. The van der Waals surface area contributed by atoms with E-state index in [-0.39, 0.29) is 11.4 Å². The van der Waals surface area contributed by atoms with Crippen LogP contribution in [0.5, 0.6) is 5.75 Å². The molecule has 0 spiro atoms. The van der Waals surface area contributed by atoms with Crippen LogP contribution >= 0.6 is 0 Å². The van der Waals surface area contributed by atoms with Crippen LogP contribution in [0.15, 0.2) is 48.5 Å². The molecule has 2 rings (SSSR count). The Morgan fingerprint density at radius 2 is 1.17 bits per heavy atom. The molecular formula is C15H9F6NO2. The maximum absolute atomic E-state index is 12.4. The summed E-state index contributed by atoms with van der Waals surface area (Å²) in [7, 11) is 0. The van der Waals surface area contributed by atoms with E-state index < -0.39 is 29.6 Å². The van der Waals surface area contributed by atoms with Crippen LogP contribution in [0.1, 0.15) is 11.1 Å². The van der Waals surface area contributed by atoms with E-state index in [4.69, 9.17) is 4.74 Å². The van der Waals surface area contributed by atoms with Gasteiger partial charge in [-0.25, -0.2) is 4.79 Å². The zero-order chi connectivity index (χ0) is 18.0. The normalized spacial score (nSPS) is 11.9. The van der Waals surface area contributed by atoms with Crippen molar-refractivity contribution in [3.63, 3.8) is 0 Å². The second-order valence-electron chi connectivity index (χ2n) is 4.61. The van der Waals surface area contributed by atoms with Crippen molar-refractivity contribution < 1.29 is 35.9 Å². The first-order chi connectivity index (χ1) is 11.1. The van der Waals surface area contributed by atoms with Gasteiger partial charge < -0.3 is 4.74 Å². The Hall–Kier alpha value is -2.71. The van der Waals surface area contributed by atoms with Gasteiger partial charge in [0.15, 0.2) is 0 Å². The van der Waals surface area contributed by atoms with Crippen molar-refractivity contribution in [1.82, 2.24) is 0 Å². The van der Waals surface area contributed by atoms with Crippen LogP contribution in [0.2, 0.25) is 0 Å². The highest BCUT2D eigenvalue weighted by atomic mass is 19.4. The topological polar surface area (TPSA) is 38.3 Å². The molecule has 24 heavy (non-hydrogen) atoms. The van der Waals surface area contributed by atoms with Gasteiger partial charge in [-0.2, -0.15) is 26.3 Å². The molecule has 0 saturated heterocycles. The summed E-state index contributed by atoms with van der Waals surface area (Å²) >= 11 is 0. The molecule has 0 atom stereocenters. The Morgan fingerprint density at radius 3 is 1.58 bits per heavy atom. The maximum atomic E-state index is 12.4. The van der Waals surface area contributed by atoms with Gasteiger partial charge in [0, 0.05) is 5.69 Å². The van der Waals surface area contributed by atoms with Gasteiger partial charge in [-0.3, -0.25) is 5.32 Å². The standard InChI is InChI=1S/C15H9F6NO2/c16-14(17,18)9-1-5-11(6-2-9)22-13(23)24-12-7-3-10(4-8-12)15(19,20)21/h1-8H,(H,22,23). The van der Waals surface area contributed by atoms with Gasteiger partial charge in [-0.1, -0.05) is 0 Å². The first kappa shape index (κ1) is 17.6. The molecule has 0 aromatic heterocycles. The van der Waals surface area contributed by atoms with Crippen LogP contribution in [-0.2, 0) is 12.4 Å². The van der Waals surface area contributed by atoms with Crippen molar-refractivity contribution in [2.24, 2.45) is 0 Å². The summed E-state index contributed by atoms with van der Waals surface area (Å²) in [5, 5.41) is 2.16. The molecule has 0 unspecified atom stereocenters. The van der Waals surface area contributed by atoms with Crippen LogP contribution in [0.3, 0.4) is 0 Å². The number of anilines is 1. The molecule has 2 aromatic carbocycles. The van der Waals surface area contributed by atoms with Crippen LogP contribution < -0.4 is 10.1 Å². The fourth-order valence-corrected chi connectivity index (χ4v) is 1.70. The van der Waals surface area contributed by atoms with E-state index in [9.17, 15) is 31.1 Å². The minimum atomic E-state index is -4.51. The monoisotopic (exact) mass is 349 g/mol. The number of ether oxygens (including phenoxy) is 1. The Kier molecular flexibility index (Phi) is 4.72.